The molecule has 0 spiro atoms. The molecule has 2 amide bonds. The minimum atomic E-state index is -0.998. The first-order valence-corrected chi connectivity index (χ1v) is 5.14. The Morgan fingerprint density at radius 1 is 1.41 bits per heavy atom. The summed E-state index contributed by atoms with van der Waals surface area (Å²) in [6.07, 6.45) is 1.39. The average molecular weight is 233 g/mol. The molecule has 2 rings (SSSR count). The monoisotopic (exact) mass is 233 g/mol. The van der Waals surface area contributed by atoms with Gasteiger partial charge in [-0.1, -0.05) is 6.07 Å². The second-order valence-electron chi connectivity index (χ2n) is 3.83. The van der Waals surface area contributed by atoms with Gasteiger partial charge in [0.05, 0.1) is 12.0 Å². The number of amides is 2. The predicted molar refractivity (Wildman–Crippen MR) is 57.8 cm³/mol. The van der Waals surface area contributed by atoms with Crippen LogP contribution in [0.5, 0.6) is 0 Å². The van der Waals surface area contributed by atoms with Crippen LogP contribution in [0.1, 0.15) is 16.9 Å². The van der Waals surface area contributed by atoms with Crippen LogP contribution in [-0.4, -0.2) is 28.6 Å². The maximum Gasteiger partial charge on any atom is 0.244 e. The number of Topliss-reactive ketones (excluding diaryl/α,β-unsaturated/α-hetero) is 1. The highest BCUT2D eigenvalue weighted by Gasteiger charge is 2.38. The third-order valence-electron chi connectivity index (χ3n) is 2.66. The van der Waals surface area contributed by atoms with E-state index >= 15 is 0 Å². The lowest BCUT2D eigenvalue weighted by molar-refractivity contribution is -0.135. The number of nitrogens with one attached hydrogen (secondary N) is 1. The normalized spacial score (nSPS) is 24.3. The molecule has 0 radical (unpaired) electrons. The quantitative estimate of drug-likeness (QED) is 0.517. The fraction of sp³-hybridized carbons (Fsp3) is 0.273. The number of carbonyl (C=O) groups is 3. The second-order valence-corrected chi connectivity index (χ2v) is 3.83. The zero-order valence-corrected chi connectivity index (χ0v) is 8.92. The predicted octanol–water partition coefficient (Wildman–Crippen LogP) is -0.746. The van der Waals surface area contributed by atoms with E-state index in [1.807, 2.05) is 0 Å². The van der Waals surface area contributed by atoms with Gasteiger partial charge in [-0.15, -0.1) is 0 Å². The highest BCUT2D eigenvalue weighted by atomic mass is 16.2. The van der Waals surface area contributed by atoms with Gasteiger partial charge in [-0.3, -0.25) is 24.7 Å². The van der Waals surface area contributed by atoms with Gasteiger partial charge in [0.1, 0.15) is 5.69 Å². The van der Waals surface area contributed by atoms with E-state index in [0.29, 0.717) is 0 Å². The van der Waals surface area contributed by atoms with Crippen molar-refractivity contribution in [3.63, 3.8) is 0 Å². The summed E-state index contributed by atoms with van der Waals surface area (Å²) in [4.78, 5) is 38.4. The van der Waals surface area contributed by atoms with Crippen molar-refractivity contribution in [2.24, 2.45) is 11.7 Å². The fourth-order valence-corrected chi connectivity index (χ4v) is 1.74. The number of rotatable bonds is 2. The second kappa shape index (κ2) is 4.42. The van der Waals surface area contributed by atoms with Crippen molar-refractivity contribution in [3.05, 3.63) is 30.1 Å². The topological polar surface area (TPSA) is 102 Å². The van der Waals surface area contributed by atoms with E-state index in [0.717, 1.165) is 0 Å². The number of imide groups is 1. The largest absolute Gasteiger partial charge is 0.319 e. The van der Waals surface area contributed by atoms with E-state index in [9.17, 15) is 14.4 Å². The van der Waals surface area contributed by atoms with Crippen molar-refractivity contribution in [1.29, 1.82) is 0 Å². The van der Waals surface area contributed by atoms with E-state index in [1.165, 1.54) is 12.3 Å². The first kappa shape index (κ1) is 11.4. The van der Waals surface area contributed by atoms with Gasteiger partial charge in [-0.2, -0.15) is 0 Å². The molecule has 2 atom stereocenters. The van der Waals surface area contributed by atoms with Gasteiger partial charge in [0.25, 0.3) is 0 Å². The summed E-state index contributed by atoms with van der Waals surface area (Å²) in [5, 5.41) is 2.09. The van der Waals surface area contributed by atoms with Crippen molar-refractivity contribution in [2.75, 3.05) is 0 Å². The lowest BCUT2D eigenvalue weighted by Gasteiger charge is -2.25. The number of carbonyl (C=O) groups excluding carboxylic acids is 3. The molecule has 88 valence electrons. The molecular formula is C11H11N3O3. The highest BCUT2D eigenvalue weighted by Crippen LogP contribution is 2.17. The van der Waals surface area contributed by atoms with Gasteiger partial charge in [-0.05, 0) is 12.1 Å². The lowest BCUT2D eigenvalue weighted by atomic mass is 9.87. The van der Waals surface area contributed by atoms with Crippen molar-refractivity contribution in [1.82, 2.24) is 10.3 Å². The first-order chi connectivity index (χ1) is 8.09. The SMILES string of the molecule is N[C@@H]1C(=O)NC(=O)CC1C(=O)c1ccccn1. The summed E-state index contributed by atoms with van der Waals surface area (Å²) < 4.78 is 0. The van der Waals surface area contributed by atoms with Crippen LogP contribution in [0.3, 0.4) is 0 Å². The van der Waals surface area contributed by atoms with Gasteiger partial charge < -0.3 is 5.73 Å². The van der Waals surface area contributed by atoms with Crippen LogP contribution >= 0.6 is 0 Å². The third kappa shape index (κ3) is 2.21. The van der Waals surface area contributed by atoms with Crippen LogP contribution in [0.2, 0.25) is 0 Å². The maximum atomic E-state index is 12.0. The Bertz CT molecular complexity index is 472. The van der Waals surface area contributed by atoms with E-state index in [2.05, 4.69) is 10.3 Å². The molecule has 6 heteroatoms. The number of nitrogens with two attached hydrogens (primary N) is 1. The first-order valence-electron chi connectivity index (χ1n) is 5.14. The van der Waals surface area contributed by atoms with Crippen LogP contribution < -0.4 is 11.1 Å². The van der Waals surface area contributed by atoms with Crippen LogP contribution in [0.25, 0.3) is 0 Å². The Hall–Kier alpha value is -2.08. The number of ketones is 1. The molecule has 1 aliphatic heterocycles. The molecule has 1 saturated heterocycles. The summed E-state index contributed by atoms with van der Waals surface area (Å²) >= 11 is 0. The van der Waals surface area contributed by atoms with Gasteiger partial charge in [-0.25, -0.2) is 0 Å². The third-order valence-corrected chi connectivity index (χ3v) is 2.66. The fourth-order valence-electron chi connectivity index (χ4n) is 1.74. The molecule has 1 aliphatic rings. The standard InChI is InChI=1S/C11H11N3O3/c12-9-6(5-8(15)14-11(9)17)10(16)7-3-1-2-4-13-7/h1-4,6,9H,5,12H2,(H,14,15,17)/t6?,9-/m0/s1. The van der Waals surface area contributed by atoms with E-state index in [-0.39, 0.29) is 17.9 Å². The molecule has 1 aromatic rings. The molecular weight excluding hydrogens is 222 g/mol. The molecule has 17 heavy (non-hydrogen) atoms. The molecule has 0 aliphatic carbocycles. The summed E-state index contributed by atoms with van der Waals surface area (Å²) in [7, 11) is 0. The summed E-state index contributed by atoms with van der Waals surface area (Å²) in [5.74, 6) is -2.30. The van der Waals surface area contributed by atoms with Crippen molar-refractivity contribution in [3.8, 4) is 0 Å². The van der Waals surface area contributed by atoms with Crippen LogP contribution in [0.15, 0.2) is 24.4 Å². The number of pyridine rings is 1. The molecule has 2 heterocycles. The van der Waals surface area contributed by atoms with Gasteiger partial charge in [0, 0.05) is 12.6 Å². The summed E-state index contributed by atoms with van der Waals surface area (Å²) in [5.41, 5.74) is 5.83. The number of hydrogen-bond acceptors (Lipinski definition) is 5. The zero-order valence-electron chi connectivity index (χ0n) is 8.92. The van der Waals surface area contributed by atoms with Crippen molar-refractivity contribution >= 4 is 17.6 Å². The minimum absolute atomic E-state index is 0.0810. The smallest absolute Gasteiger partial charge is 0.244 e. The van der Waals surface area contributed by atoms with Gasteiger partial charge in [0.15, 0.2) is 5.78 Å². The lowest BCUT2D eigenvalue weighted by Crippen LogP contribution is -2.55. The highest BCUT2D eigenvalue weighted by molar-refractivity contribution is 6.08. The minimum Gasteiger partial charge on any atom is -0.319 e. The maximum absolute atomic E-state index is 12.0. The van der Waals surface area contributed by atoms with Crippen LogP contribution in [0.4, 0.5) is 0 Å². The Balaban J connectivity index is 2.24. The summed E-state index contributed by atoms with van der Waals surface area (Å²) in [6, 6.07) is 3.88. The Morgan fingerprint density at radius 3 is 2.82 bits per heavy atom. The average Bonchev–Trinajstić information content (AvgIpc) is 2.34. The molecule has 1 aromatic heterocycles. The van der Waals surface area contributed by atoms with Gasteiger partial charge >= 0.3 is 0 Å². The molecule has 0 bridgehead atoms. The number of nitrogens with zero attached hydrogens (tertiary/aromatic N) is 1. The zero-order chi connectivity index (χ0) is 12.4. The molecule has 6 nitrogen and oxygen atoms in total. The van der Waals surface area contributed by atoms with Crippen LogP contribution in [-0.2, 0) is 9.59 Å². The van der Waals surface area contributed by atoms with Crippen molar-refractivity contribution in [2.45, 2.75) is 12.5 Å². The molecule has 3 N–H and O–H groups in total. The number of aromatic nitrogens is 1. The van der Waals surface area contributed by atoms with Crippen LogP contribution in [0, 0.1) is 5.92 Å². The summed E-state index contributed by atoms with van der Waals surface area (Å²) in [6.45, 7) is 0. The molecule has 1 unspecified atom stereocenters. The van der Waals surface area contributed by atoms with E-state index in [4.69, 9.17) is 5.73 Å². The Kier molecular flexibility index (Phi) is 2.97. The number of piperidine rings is 1. The Labute approximate surface area is 97.2 Å². The Morgan fingerprint density at radius 2 is 2.18 bits per heavy atom. The van der Waals surface area contributed by atoms with Gasteiger partial charge in [0.2, 0.25) is 11.8 Å². The number of hydrogen-bond donors (Lipinski definition) is 2. The molecule has 1 fully saturated rings. The van der Waals surface area contributed by atoms with E-state index < -0.39 is 23.8 Å². The van der Waals surface area contributed by atoms with Crippen molar-refractivity contribution < 1.29 is 14.4 Å². The molecule has 0 aromatic carbocycles. The molecule has 0 saturated carbocycles. The van der Waals surface area contributed by atoms with E-state index in [1.54, 1.807) is 12.1 Å².